The van der Waals surface area contributed by atoms with Crippen LogP contribution >= 0.6 is 0 Å². The van der Waals surface area contributed by atoms with E-state index in [4.69, 9.17) is 0 Å². The normalized spacial score (nSPS) is 11.8. The lowest BCUT2D eigenvalue weighted by atomic mass is 10.3. The fourth-order valence-electron chi connectivity index (χ4n) is 2.49. The molecule has 9 heteroatoms. The second-order valence-corrected chi connectivity index (χ2v) is 7.33. The molecule has 0 fully saturated rings. The van der Waals surface area contributed by atoms with Crippen molar-refractivity contribution in [2.45, 2.75) is 11.4 Å². The Morgan fingerprint density at radius 1 is 1.04 bits per heavy atom. The van der Waals surface area contributed by atoms with Crippen molar-refractivity contribution < 1.29 is 8.42 Å². The van der Waals surface area contributed by atoms with Gasteiger partial charge >= 0.3 is 11.1 Å². The summed E-state index contributed by atoms with van der Waals surface area (Å²) in [5, 5.41) is 0. The molecule has 0 amide bonds. The van der Waals surface area contributed by atoms with Crippen molar-refractivity contribution in [3.8, 4) is 0 Å². The molecule has 2 aromatic heterocycles. The zero-order chi connectivity index (χ0) is 18.2. The average molecular weight is 360 g/mol. The largest absolute Gasteiger partial charge is 0.316 e. The van der Waals surface area contributed by atoms with Crippen molar-refractivity contribution in [1.82, 2.24) is 18.8 Å². The molecule has 0 radical (unpaired) electrons. The number of aryl methyl sites for hydroxylation is 2. The summed E-state index contributed by atoms with van der Waals surface area (Å²) in [6.07, 6.45) is 3.18. The first-order valence-electron chi connectivity index (χ1n) is 7.39. The molecule has 25 heavy (non-hydrogen) atoms. The first kappa shape index (κ1) is 17.1. The van der Waals surface area contributed by atoms with E-state index in [9.17, 15) is 18.0 Å². The van der Waals surface area contributed by atoms with E-state index in [0.717, 1.165) is 10.1 Å². The fourth-order valence-corrected chi connectivity index (χ4v) is 3.53. The number of hydrogen-bond acceptors (Lipinski definition) is 5. The van der Waals surface area contributed by atoms with Gasteiger partial charge in [-0.05, 0) is 29.8 Å². The Hall–Kier alpha value is -2.78. The molecule has 0 unspecified atom stereocenters. The number of sulfonamides is 1. The van der Waals surface area contributed by atoms with Crippen LogP contribution in [0.3, 0.4) is 0 Å². The van der Waals surface area contributed by atoms with Gasteiger partial charge in [0.25, 0.3) is 0 Å². The number of aromatic nitrogens is 3. The number of benzene rings is 1. The van der Waals surface area contributed by atoms with E-state index in [1.165, 1.54) is 36.9 Å². The highest BCUT2D eigenvalue weighted by Gasteiger charge is 2.17. The summed E-state index contributed by atoms with van der Waals surface area (Å²) < 4.78 is 29.9. The molecule has 0 aliphatic heterocycles. The number of nitrogens with one attached hydrogen (secondary N) is 1. The Labute approximate surface area is 143 Å². The van der Waals surface area contributed by atoms with Crippen LogP contribution in [0.25, 0.3) is 11.0 Å². The van der Waals surface area contributed by atoms with Crippen molar-refractivity contribution in [2.75, 3.05) is 0 Å². The van der Waals surface area contributed by atoms with E-state index in [1.807, 2.05) is 0 Å². The molecule has 0 spiro atoms. The van der Waals surface area contributed by atoms with Crippen LogP contribution in [-0.2, 0) is 30.7 Å². The van der Waals surface area contributed by atoms with E-state index in [0.29, 0.717) is 11.0 Å². The maximum Gasteiger partial charge on any atom is 0.316 e. The summed E-state index contributed by atoms with van der Waals surface area (Å²) in [5.74, 6) is 0. The van der Waals surface area contributed by atoms with Gasteiger partial charge in [0.15, 0.2) is 0 Å². The summed E-state index contributed by atoms with van der Waals surface area (Å²) in [6.45, 7) is 0.0976. The molecule has 2 heterocycles. The van der Waals surface area contributed by atoms with Crippen LogP contribution in [0.5, 0.6) is 0 Å². The predicted molar refractivity (Wildman–Crippen MR) is 92.7 cm³/mol. The van der Waals surface area contributed by atoms with Gasteiger partial charge in [0.1, 0.15) is 0 Å². The smallest absolute Gasteiger partial charge is 0.305 e. The number of rotatable bonds is 4. The molecule has 0 saturated heterocycles. The van der Waals surface area contributed by atoms with Crippen LogP contribution in [-0.4, -0.2) is 22.5 Å². The third kappa shape index (κ3) is 3.11. The molecule has 0 saturated carbocycles. The number of nitrogens with zero attached hydrogens (tertiary/aromatic N) is 3. The molecule has 0 aliphatic rings. The minimum Gasteiger partial charge on any atom is -0.305 e. The third-order valence-corrected chi connectivity index (χ3v) is 5.36. The Kier molecular flexibility index (Phi) is 4.27. The highest BCUT2D eigenvalue weighted by molar-refractivity contribution is 7.89. The van der Waals surface area contributed by atoms with Crippen molar-refractivity contribution >= 4 is 21.1 Å². The van der Waals surface area contributed by atoms with Gasteiger partial charge in [-0.15, -0.1) is 0 Å². The second-order valence-electron chi connectivity index (χ2n) is 5.56. The zero-order valence-corrected chi connectivity index (χ0v) is 14.4. The van der Waals surface area contributed by atoms with Crippen LogP contribution in [0, 0.1) is 0 Å². The predicted octanol–water partition coefficient (Wildman–Crippen LogP) is 0.111. The van der Waals surface area contributed by atoms with Gasteiger partial charge < -0.3 is 9.13 Å². The molecule has 0 aliphatic carbocycles. The van der Waals surface area contributed by atoms with Crippen LogP contribution < -0.4 is 15.8 Å². The monoisotopic (exact) mass is 360 g/mol. The summed E-state index contributed by atoms with van der Waals surface area (Å²) >= 11 is 0. The summed E-state index contributed by atoms with van der Waals surface area (Å²) in [5.41, 5.74) is 0.171. The Morgan fingerprint density at radius 3 is 2.36 bits per heavy atom. The van der Waals surface area contributed by atoms with Gasteiger partial charge in [-0.2, -0.15) is 0 Å². The van der Waals surface area contributed by atoms with Crippen LogP contribution in [0.15, 0.2) is 57.2 Å². The van der Waals surface area contributed by atoms with Gasteiger partial charge in [0.05, 0.1) is 15.9 Å². The van der Waals surface area contributed by atoms with Gasteiger partial charge in [0, 0.05) is 33.0 Å². The molecule has 3 rings (SSSR count). The highest BCUT2D eigenvalue weighted by Crippen LogP contribution is 2.16. The lowest BCUT2D eigenvalue weighted by Crippen LogP contribution is -2.39. The van der Waals surface area contributed by atoms with Crippen LogP contribution in [0.2, 0.25) is 0 Å². The van der Waals surface area contributed by atoms with Crippen LogP contribution in [0.1, 0.15) is 5.56 Å². The lowest BCUT2D eigenvalue weighted by molar-refractivity contribution is 0.581. The molecule has 1 N–H and O–H groups in total. The summed E-state index contributed by atoms with van der Waals surface area (Å²) in [4.78, 5) is 27.7. The molecular weight excluding hydrogens is 344 g/mol. The van der Waals surface area contributed by atoms with Crippen LogP contribution in [0.4, 0.5) is 0 Å². The Morgan fingerprint density at radius 2 is 1.72 bits per heavy atom. The van der Waals surface area contributed by atoms with E-state index in [1.54, 1.807) is 24.5 Å². The van der Waals surface area contributed by atoms with Gasteiger partial charge in [-0.25, -0.2) is 13.1 Å². The number of pyridine rings is 1. The van der Waals surface area contributed by atoms with E-state index in [-0.39, 0.29) is 11.4 Å². The average Bonchev–Trinajstić information content (AvgIpc) is 2.63. The van der Waals surface area contributed by atoms with E-state index >= 15 is 0 Å². The summed E-state index contributed by atoms with van der Waals surface area (Å²) in [7, 11) is -0.874. The maximum absolute atomic E-state index is 12.5. The Bertz CT molecular complexity index is 1160. The van der Waals surface area contributed by atoms with Crippen molar-refractivity contribution in [3.05, 3.63) is 69.0 Å². The second kappa shape index (κ2) is 6.26. The molecule has 1 aromatic carbocycles. The number of fused-ring (bicyclic) bond motifs is 1. The minimum atomic E-state index is -3.78. The molecule has 130 valence electrons. The standard InChI is InChI=1S/C16H16N4O4S/c1-19-13-6-5-12(8-14(13)20(2)16(22)15(19)21)25(23,24)18-10-11-4-3-7-17-9-11/h3-9,18H,10H2,1-2H3. The fraction of sp³-hybridized carbons (Fsp3) is 0.188. The quantitative estimate of drug-likeness (QED) is 0.665. The van der Waals surface area contributed by atoms with E-state index in [2.05, 4.69) is 9.71 Å². The first-order valence-corrected chi connectivity index (χ1v) is 8.88. The SMILES string of the molecule is Cn1c(=O)c(=O)n(C)c2cc(S(=O)(=O)NCc3cccnc3)ccc21. The highest BCUT2D eigenvalue weighted by atomic mass is 32.2. The minimum absolute atomic E-state index is 0.0116. The number of hydrogen-bond donors (Lipinski definition) is 1. The van der Waals surface area contributed by atoms with Gasteiger partial charge in [-0.1, -0.05) is 6.07 Å². The van der Waals surface area contributed by atoms with E-state index < -0.39 is 21.1 Å². The molecule has 0 atom stereocenters. The van der Waals surface area contributed by atoms with Crippen molar-refractivity contribution in [1.29, 1.82) is 0 Å². The molecule has 0 bridgehead atoms. The Balaban J connectivity index is 2.04. The topological polar surface area (TPSA) is 103 Å². The van der Waals surface area contributed by atoms with Gasteiger partial charge in [0.2, 0.25) is 10.0 Å². The lowest BCUT2D eigenvalue weighted by Gasteiger charge is -2.11. The summed E-state index contributed by atoms with van der Waals surface area (Å²) in [6, 6.07) is 7.76. The van der Waals surface area contributed by atoms with Crippen molar-refractivity contribution in [2.24, 2.45) is 14.1 Å². The zero-order valence-electron chi connectivity index (χ0n) is 13.6. The first-order chi connectivity index (χ1) is 11.8. The molecule has 3 aromatic rings. The molecule has 8 nitrogen and oxygen atoms in total. The van der Waals surface area contributed by atoms with Gasteiger partial charge in [-0.3, -0.25) is 14.6 Å². The molecular formula is C16H16N4O4S. The van der Waals surface area contributed by atoms with Crippen molar-refractivity contribution in [3.63, 3.8) is 0 Å². The maximum atomic E-state index is 12.5. The third-order valence-electron chi connectivity index (χ3n) is 3.96.